The molecule has 2 aromatic carbocycles. The highest BCUT2D eigenvalue weighted by molar-refractivity contribution is 6.76. The molecule has 0 aliphatic carbocycles. The fraction of sp³-hybridized carbons (Fsp3) is 0.515. The molecule has 2 aromatic heterocycles. The summed E-state index contributed by atoms with van der Waals surface area (Å²) in [5.41, 5.74) is 1.88. The number of carbonyl (C=O) groups is 1. The SMILES string of the molecule is Cc1cc2c(cc1OCC(F)F)nc(Cc1nn(C3CN(C(=O)OC(C)(C)C)C3)c(=O)c3ccccc13)n2COCC[Si](C)(C)C. The third-order valence-corrected chi connectivity index (χ3v) is 9.50. The van der Waals surface area contributed by atoms with E-state index < -0.39 is 32.8 Å². The van der Waals surface area contributed by atoms with E-state index in [1.807, 2.05) is 56.5 Å². The van der Waals surface area contributed by atoms with Gasteiger partial charge in [0.05, 0.1) is 34.6 Å². The van der Waals surface area contributed by atoms with Crippen molar-refractivity contribution in [1.82, 2.24) is 24.2 Å². The molecule has 5 rings (SSSR count). The van der Waals surface area contributed by atoms with Crippen LogP contribution < -0.4 is 10.3 Å². The number of rotatable bonds is 11. The van der Waals surface area contributed by atoms with E-state index in [0.29, 0.717) is 58.8 Å². The lowest BCUT2D eigenvalue weighted by Crippen LogP contribution is -2.54. The standard InChI is InChI=1S/C33H43F2N5O5Si/c1-21-14-27-26(15-28(21)44-19-29(34)35)36-30(39(27)20-43-12-13-46(5,6)7)16-25-23-10-8-9-11-24(23)31(41)40(37-25)22-17-38(18-22)32(42)45-33(2,3)4/h8-11,14-15,22,29H,12-13,16-20H2,1-7H3. The number of fused-ring (bicyclic) bond motifs is 2. The van der Waals surface area contributed by atoms with Crippen LogP contribution in [0, 0.1) is 6.92 Å². The molecule has 0 saturated carbocycles. The Bertz CT molecular complexity index is 1790. The first-order valence-electron chi connectivity index (χ1n) is 15.6. The maximum atomic E-state index is 13.6. The van der Waals surface area contributed by atoms with E-state index in [1.165, 1.54) is 4.68 Å². The molecule has 3 heterocycles. The summed E-state index contributed by atoms with van der Waals surface area (Å²) in [5.74, 6) is 1.00. The van der Waals surface area contributed by atoms with Crippen LogP contribution in [-0.4, -0.2) is 76.7 Å². The molecule has 13 heteroatoms. The lowest BCUT2D eigenvalue weighted by Gasteiger charge is -2.39. The van der Waals surface area contributed by atoms with E-state index in [-0.39, 0.29) is 24.8 Å². The maximum Gasteiger partial charge on any atom is 0.410 e. The van der Waals surface area contributed by atoms with Crippen molar-refractivity contribution in [2.75, 3.05) is 26.3 Å². The maximum absolute atomic E-state index is 13.6. The van der Waals surface area contributed by atoms with Crippen LogP contribution in [0.15, 0.2) is 41.2 Å². The third kappa shape index (κ3) is 7.75. The number of amides is 1. The van der Waals surface area contributed by atoms with Crippen molar-refractivity contribution < 1.29 is 27.8 Å². The molecule has 0 atom stereocenters. The lowest BCUT2D eigenvalue weighted by atomic mass is 10.1. The van der Waals surface area contributed by atoms with Crippen molar-refractivity contribution in [3.63, 3.8) is 0 Å². The highest BCUT2D eigenvalue weighted by atomic mass is 28.3. The number of alkyl halides is 2. The summed E-state index contributed by atoms with van der Waals surface area (Å²) in [5, 5.41) is 6.07. The second kappa shape index (κ2) is 13.1. The van der Waals surface area contributed by atoms with Gasteiger partial charge in [-0.15, -0.1) is 0 Å². The summed E-state index contributed by atoms with van der Waals surface area (Å²) in [6.45, 7) is 14.9. The Morgan fingerprint density at radius 1 is 1.11 bits per heavy atom. The number of ether oxygens (including phenoxy) is 3. The molecule has 0 N–H and O–H groups in total. The molecule has 1 fully saturated rings. The number of hydrogen-bond acceptors (Lipinski definition) is 7. The zero-order valence-corrected chi connectivity index (χ0v) is 28.6. The zero-order valence-electron chi connectivity index (χ0n) is 27.6. The number of benzene rings is 2. The number of hydrogen-bond donors (Lipinski definition) is 0. The molecule has 1 saturated heterocycles. The molecule has 1 aliphatic rings. The summed E-state index contributed by atoms with van der Waals surface area (Å²) in [4.78, 5) is 32.6. The zero-order chi connectivity index (χ0) is 33.4. The summed E-state index contributed by atoms with van der Waals surface area (Å²) in [6, 6.07) is 11.6. The van der Waals surface area contributed by atoms with E-state index in [4.69, 9.17) is 24.3 Å². The van der Waals surface area contributed by atoms with E-state index in [2.05, 4.69) is 19.6 Å². The first-order valence-corrected chi connectivity index (χ1v) is 19.3. The monoisotopic (exact) mass is 655 g/mol. The van der Waals surface area contributed by atoms with Gasteiger partial charge in [-0.3, -0.25) is 4.79 Å². The van der Waals surface area contributed by atoms with Gasteiger partial charge in [0.1, 0.15) is 30.5 Å². The molecule has 248 valence electrons. The van der Waals surface area contributed by atoms with Crippen LogP contribution in [0.2, 0.25) is 25.7 Å². The molecular weight excluding hydrogens is 612 g/mol. The summed E-state index contributed by atoms with van der Waals surface area (Å²) in [7, 11) is -1.32. The van der Waals surface area contributed by atoms with Crippen LogP contribution >= 0.6 is 0 Å². The van der Waals surface area contributed by atoms with Gasteiger partial charge in [-0.05, 0) is 51.4 Å². The highest BCUT2D eigenvalue weighted by Gasteiger charge is 2.36. The number of carbonyl (C=O) groups excluding carboxylic acids is 1. The molecule has 1 aliphatic heterocycles. The highest BCUT2D eigenvalue weighted by Crippen LogP contribution is 2.29. The molecule has 0 radical (unpaired) electrons. The van der Waals surface area contributed by atoms with E-state index in [0.717, 1.165) is 11.6 Å². The quantitative estimate of drug-likeness (QED) is 0.136. The molecule has 10 nitrogen and oxygen atoms in total. The predicted molar refractivity (Wildman–Crippen MR) is 176 cm³/mol. The smallest absolute Gasteiger partial charge is 0.410 e. The van der Waals surface area contributed by atoms with Gasteiger partial charge in [0.25, 0.3) is 12.0 Å². The van der Waals surface area contributed by atoms with Crippen LogP contribution in [0.4, 0.5) is 13.6 Å². The Kier molecular flexibility index (Phi) is 9.55. The predicted octanol–water partition coefficient (Wildman–Crippen LogP) is 6.39. The van der Waals surface area contributed by atoms with Gasteiger partial charge in [0.15, 0.2) is 0 Å². The van der Waals surface area contributed by atoms with Crippen molar-refractivity contribution >= 4 is 36.0 Å². The van der Waals surface area contributed by atoms with Gasteiger partial charge in [-0.25, -0.2) is 23.2 Å². The van der Waals surface area contributed by atoms with Gasteiger partial charge >= 0.3 is 6.09 Å². The number of aryl methyl sites for hydroxylation is 1. The first-order chi connectivity index (χ1) is 21.6. The average molecular weight is 656 g/mol. The minimum absolute atomic E-state index is 0.229. The average Bonchev–Trinajstić information content (AvgIpc) is 3.25. The number of halogens is 2. The second-order valence-corrected chi connectivity index (χ2v) is 19.7. The molecule has 4 aromatic rings. The Morgan fingerprint density at radius 2 is 1.80 bits per heavy atom. The number of nitrogens with zero attached hydrogens (tertiary/aromatic N) is 5. The number of likely N-dealkylation sites (tertiary alicyclic amines) is 1. The van der Waals surface area contributed by atoms with E-state index in [1.54, 1.807) is 17.0 Å². The summed E-state index contributed by atoms with van der Waals surface area (Å²) in [6.07, 6.45) is -2.74. The fourth-order valence-corrected chi connectivity index (χ4v) is 6.07. The van der Waals surface area contributed by atoms with Gasteiger partial charge in [-0.1, -0.05) is 37.8 Å². The van der Waals surface area contributed by atoms with Crippen molar-refractivity contribution in [3.8, 4) is 5.75 Å². The first kappa shape index (κ1) is 33.5. The molecular formula is C33H43F2N5O5Si. The molecule has 1 amide bonds. The molecule has 46 heavy (non-hydrogen) atoms. The Hall–Kier alpha value is -3.84. The van der Waals surface area contributed by atoms with Crippen LogP contribution in [0.5, 0.6) is 5.75 Å². The third-order valence-electron chi connectivity index (χ3n) is 7.80. The number of imidazole rings is 1. The molecule has 0 unspecified atom stereocenters. The van der Waals surface area contributed by atoms with Crippen molar-refractivity contribution in [1.29, 1.82) is 0 Å². The minimum Gasteiger partial charge on any atom is -0.487 e. The van der Waals surface area contributed by atoms with Crippen LogP contribution in [-0.2, 0) is 22.6 Å². The normalized spacial score (nSPS) is 14.3. The van der Waals surface area contributed by atoms with Crippen LogP contribution in [0.3, 0.4) is 0 Å². The molecule has 0 spiro atoms. The Balaban J connectivity index is 1.50. The van der Waals surface area contributed by atoms with E-state index >= 15 is 0 Å². The van der Waals surface area contributed by atoms with Crippen LogP contribution in [0.25, 0.3) is 21.8 Å². The van der Waals surface area contributed by atoms with Gasteiger partial charge in [0.2, 0.25) is 0 Å². The van der Waals surface area contributed by atoms with Gasteiger partial charge in [-0.2, -0.15) is 5.10 Å². The summed E-state index contributed by atoms with van der Waals surface area (Å²) >= 11 is 0. The second-order valence-electron chi connectivity index (χ2n) is 14.1. The van der Waals surface area contributed by atoms with Gasteiger partial charge in [0, 0.05) is 39.2 Å². The lowest BCUT2D eigenvalue weighted by molar-refractivity contribution is -0.00101. The Labute approximate surface area is 268 Å². The summed E-state index contributed by atoms with van der Waals surface area (Å²) < 4.78 is 46.3. The van der Waals surface area contributed by atoms with Gasteiger partial charge < -0.3 is 23.7 Å². The van der Waals surface area contributed by atoms with Crippen LogP contribution in [0.1, 0.15) is 43.9 Å². The number of aromatic nitrogens is 4. The molecule has 0 bridgehead atoms. The van der Waals surface area contributed by atoms with Crippen molar-refractivity contribution in [2.24, 2.45) is 0 Å². The van der Waals surface area contributed by atoms with Crippen molar-refractivity contribution in [2.45, 2.75) is 84.6 Å². The Morgan fingerprint density at radius 3 is 2.46 bits per heavy atom. The minimum atomic E-state index is -2.59. The fourth-order valence-electron chi connectivity index (χ4n) is 5.32. The van der Waals surface area contributed by atoms with E-state index in [9.17, 15) is 18.4 Å². The largest absolute Gasteiger partial charge is 0.487 e. The van der Waals surface area contributed by atoms with Crippen molar-refractivity contribution in [3.05, 3.63) is 63.8 Å². The topological polar surface area (TPSA) is 101 Å².